The number of carbonyl (C=O) groups is 2. The number of aryl methyl sites for hydroxylation is 2. The van der Waals surface area contributed by atoms with E-state index in [1.807, 2.05) is 9.80 Å². The molecule has 0 bridgehead atoms. The van der Waals surface area contributed by atoms with Crippen molar-refractivity contribution in [2.45, 2.75) is 26.2 Å². The zero-order valence-electron chi connectivity index (χ0n) is 14.1. The quantitative estimate of drug-likeness (QED) is 0.801. The second-order valence-corrected chi connectivity index (χ2v) is 5.99. The smallest absolute Gasteiger partial charge is 0.225 e. The van der Waals surface area contributed by atoms with Crippen LogP contribution in [-0.2, 0) is 20.7 Å². The van der Waals surface area contributed by atoms with Gasteiger partial charge in [0.05, 0.1) is 13.0 Å². The van der Waals surface area contributed by atoms with E-state index in [-0.39, 0.29) is 11.8 Å². The molecule has 0 atom stereocenters. The third kappa shape index (κ3) is 5.36. The molecule has 1 aliphatic heterocycles. The van der Waals surface area contributed by atoms with E-state index in [0.717, 1.165) is 6.42 Å². The zero-order chi connectivity index (χ0) is 16.7. The van der Waals surface area contributed by atoms with Gasteiger partial charge in [-0.15, -0.1) is 0 Å². The van der Waals surface area contributed by atoms with Gasteiger partial charge in [0, 0.05) is 39.7 Å². The summed E-state index contributed by atoms with van der Waals surface area (Å²) >= 11 is 0. The first-order valence-corrected chi connectivity index (χ1v) is 8.20. The maximum atomic E-state index is 12.3. The molecular formula is C18H26N2O3. The van der Waals surface area contributed by atoms with Crippen LogP contribution < -0.4 is 0 Å². The van der Waals surface area contributed by atoms with Crippen LogP contribution in [0.25, 0.3) is 0 Å². The van der Waals surface area contributed by atoms with E-state index in [9.17, 15) is 9.59 Å². The molecule has 2 rings (SSSR count). The Morgan fingerprint density at radius 3 is 2.00 bits per heavy atom. The molecule has 0 unspecified atom stereocenters. The maximum absolute atomic E-state index is 12.3. The molecule has 0 aromatic heterocycles. The molecule has 1 fully saturated rings. The summed E-state index contributed by atoms with van der Waals surface area (Å²) in [5, 5.41) is 0. The number of rotatable bonds is 6. The fourth-order valence-corrected chi connectivity index (χ4v) is 2.72. The summed E-state index contributed by atoms with van der Waals surface area (Å²) in [5.74, 6) is 0.285. The van der Waals surface area contributed by atoms with E-state index in [4.69, 9.17) is 4.74 Å². The van der Waals surface area contributed by atoms with Crippen LogP contribution in [0.4, 0.5) is 0 Å². The molecule has 5 heteroatoms. The summed E-state index contributed by atoms with van der Waals surface area (Å²) in [6.07, 6.45) is 1.71. The predicted octanol–water partition coefficient (Wildman–Crippen LogP) is 1.63. The van der Waals surface area contributed by atoms with Crippen LogP contribution in [0.3, 0.4) is 0 Å². The molecule has 1 heterocycles. The largest absolute Gasteiger partial charge is 0.384 e. The average molecular weight is 318 g/mol. The van der Waals surface area contributed by atoms with Gasteiger partial charge < -0.3 is 14.5 Å². The minimum Gasteiger partial charge on any atom is -0.384 e. The zero-order valence-corrected chi connectivity index (χ0v) is 14.1. The summed E-state index contributed by atoms with van der Waals surface area (Å²) in [5.41, 5.74) is 2.42. The fourth-order valence-electron chi connectivity index (χ4n) is 2.72. The van der Waals surface area contributed by atoms with Gasteiger partial charge in [0.25, 0.3) is 0 Å². The lowest BCUT2D eigenvalue weighted by atomic mass is 10.1. The molecule has 0 N–H and O–H groups in total. The van der Waals surface area contributed by atoms with Gasteiger partial charge in [0.2, 0.25) is 11.8 Å². The van der Waals surface area contributed by atoms with Gasteiger partial charge in [-0.2, -0.15) is 0 Å². The lowest BCUT2D eigenvalue weighted by Gasteiger charge is -2.35. The first-order chi connectivity index (χ1) is 11.1. The number of ether oxygens (including phenoxy) is 1. The molecular weight excluding hydrogens is 292 g/mol. The highest BCUT2D eigenvalue weighted by Gasteiger charge is 2.23. The highest BCUT2D eigenvalue weighted by Crippen LogP contribution is 2.10. The van der Waals surface area contributed by atoms with Gasteiger partial charge in [0.1, 0.15) is 0 Å². The fraction of sp³-hybridized carbons (Fsp3) is 0.556. The van der Waals surface area contributed by atoms with Crippen molar-refractivity contribution in [2.24, 2.45) is 0 Å². The summed E-state index contributed by atoms with van der Waals surface area (Å²) < 4.78 is 4.93. The van der Waals surface area contributed by atoms with Gasteiger partial charge in [-0.25, -0.2) is 0 Å². The second-order valence-electron chi connectivity index (χ2n) is 5.99. The van der Waals surface area contributed by atoms with Crippen LogP contribution in [-0.4, -0.2) is 61.5 Å². The Labute approximate surface area is 138 Å². The molecule has 0 radical (unpaired) electrons. The monoisotopic (exact) mass is 318 g/mol. The summed E-state index contributed by atoms with van der Waals surface area (Å²) in [6.45, 7) is 5.02. The molecule has 0 spiro atoms. The molecule has 1 saturated heterocycles. The lowest BCUT2D eigenvalue weighted by molar-refractivity contribution is -0.140. The number of hydrogen-bond donors (Lipinski definition) is 0. The van der Waals surface area contributed by atoms with Crippen LogP contribution in [0.2, 0.25) is 0 Å². The third-order valence-corrected chi connectivity index (χ3v) is 4.25. The van der Waals surface area contributed by atoms with E-state index >= 15 is 0 Å². The van der Waals surface area contributed by atoms with Crippen LogP contribution in [0.5, 0.6) is 0 Å². The number of methoxy groups -OCH3 is 1. The molecule has 126 valence electrons. The van der Waals surface area contributed by atoms with Crippen molar-refractivity contribution in [2.75, 3.05) is 39.9 Å². The Hall–Kier alpha value is -1.88. The van der Waals surface area contributed by atoms with E-state index in [1.165, 1.54) is 11.1 Å². The molecule has 1 aliphatic rings. The van der Waals surface area contributed by atoms with Gasteiger partial charge in [-0.3, -0.25) is 9.59 Å². The van der Waals surface area contributed by atoms with Gasteiger partial charge in [-0.05, 0) is 18.9 Å². The second kappa shape index (κ2) is 8.67. The van der Waals surface area contributed by atoms with Crippen LogP contribution in [0.1, 0.15) is 24.0 Å². The summed E-state index contributed by atoms with van der Waals surface area (Å²) in [4.78, 5) is 27.9. The van der Waals surface area contributed by atoms with Crippen LogP contribution in [0, 0.1) is 6.92 Å². The lowest BCUT2D eigenvalue weighted by Crippen LogP contribution is -2.50. The van der Waals surface area contributed by atoms with E-state index in [2.05, 4.69) is 31.2 Å². The Morgan fingerprint density at radius 2 is 1.48 bits per heavy atom. The molecule has 1 aromatic rings. The molecule has 0 aliphatic carbocycles. The van der Waals surface area contributed by atoms with Crippen molar-refractivity contribution in [3.05, 3.63) is 35.4 Å². The molecule has 2 amide bonds. The number of piperazine rings is 1. The predicted molar refractivity (Wildman–Crippen MR) is 89.2 cm³/mol. The first kappa shape index (κ1) is 17.5. The molecule has 5 nitrogen and oxygen atoms in total. The SMILES string of the molecule is COCCC(=O)N1CCN(C(=O)CCc2ccc(C)cc2)CC1. The highest BCUT2D eigenvalue weighted by atomic mass is 16.5. The van der Waals surface area contributed by atoms with Gasteiger partial charge in [-0.1, -0.05) is 29.8 Å². The third-order valence-electron chi connectivity index (χ3n) is 4.25. The van der Waals surface area contributed by atoms with Crippen LogP contribution in [0.15, 0.2) is 24.3 Å². The maximum Gasteiger partial charge on any atom is 0.225 e. The average Bonchev–Trinajstić information content (AvgIpc) is 2.59. The highest BCUT2D eigenvalue weighted by molar-refractivity contribution is 5.78. The van der Waals surface area contributed by atoms with Crippen molar-refractivity contribution in [3.8, 4) is 0 Å². The number of carbonyl (C=O) groups excluding carboxylic acids is 2. The number of amides is 2. The Kier molecular flexibility index (Phi) is 6.59. The van der Waals surface area contributed by atoms with Gasteiger partial charge >= 0.3 is 0 Å². The summed E-state index contributed by atoms with van der Waals surface area (Å²) in [7, 11) is 1.60. The Bertz CT molecular complexity index is 520. The van der Waals surface area contributed by atoms with E-state index in [0.29, 0.717) is 45.6 Å². The van der Waals surface area contributed by atoms with Gasteiger partial charge in [0.15, 0.2) is 0 Å². The normalized spacial score (nSPS) is 14.9. The van der Waals surface area contributed by atoms with Crippen molar-refractivity contribution >= 4 is 11.8 Å². The van der Waals surface area contributed by atoms with Crippen molar-refractivity contribution in [1.29, 1.82) is 0 Å². The topological polar surface area (TPSA) is 49.9 Å². The summed E-state index contributed by atoms with van der Waals surface area (Å²) in [6, 6.07) is 8.30. The number of hydrogen-bond acceptors (Lipinski definition) is 3. The van der Waals surface area contributed by atoms with Crippen molar-refractivity contribution in [3.63, 3.8) is 0 Å². The minimum absolute atomic E-state index is 0.110. The number of nitrogens with zero attached hydrogens (tertiary/aromatic N) is 2. The standard InChI is InChI=1S/C18H26N2O3/c1-15-3-5-16(6-4-15)7-8-17(21)19-10-12-20(13-11-19)18(22)9-14-23-2/h3-6H,7-14H2,1-2H3. The van der Waals surface area contributed by atoms with E-state index in [1.54, 1.807) is 7.11 Å². The first-order valence-electron chi connectivity index (χ1n) is 8.20. The van der Waals surface area contributed by atoms with Crippen molar-refractivity contribution < 1.29 is 14.3 Å². The van der Waals surface area contributed by atoms with Crippen LogP contribution >= 0.6 is 0 Å². The molecule has 1 aromatic carbocycles. The Balaban J connectivity index is 1.73. The van der Waals surface area contributed by atoms with Crippen molar-refractivity contribution in [1.82, 2.24) is 9.80 Å². The molecule has 23 heavy (non-hydrogen) atoms. The number of benzene rings is 1. The molecule has 0 saturated carbocycles. The minimum atomic E-state index is 0.110. The van der Waals surface area contributed by atoms with E-state index < -0.39 is 0 Å². The Morgan fingerprint density at radius 1 is 0.957 bits per heavy atom.